The van der Waals surface area contributed by atoms with Crippen LogP contribution in [0.1, 0.15) is 32.1 Å². The third-order valence-corrected chi connectivity index (χ3v) is 4.63. The molecular formula is C18H25ClN4O2. The minimum atomic E-state index is 0. The van der Waals surface area contributed by atoms with E-state index in [1.165, 1.54) is 0 Å². The standard InChI is InChI=1S/C18H24N4O2.ClH/c1-12(14-6-8-19-9-7-14)10-17(23)21-16-5-3-4-15(11-16)18-20-13(2)24-22-18;/h3-5,11-12,14,19H,6-10H2,1-2H3,(H,21,23);1H. The molecule has 1 unspecified atom stereocenters. The van der Waals surface area contributed by atoms with E-state index in [1.54, 1.807) is 6.92 Å². The Bertz CT molecular complexity index is 698. The molecule has 1 amide bonds. The van der Waals surface area contributed by atoms with Crippen LogP contribution in [0.4, 0.5) is 5.69 Å². The second kappa shape index (κ2) is 8.97. The van der Waals surface area contributed by atoms with Crippen LogP contribution >= 0.6 is 12.4 Å². The predicted octanol–water partition coefficient (Wildman–Crippen LogP) is 3.43. The van der Waals surface area contributed by atoms with Crippen molar-refractivity contribution >= 4 is 24.0 Å². The highest BCUT2D eigenvalue weighted by Crippen LogP contribution is 2.25. The molecule has 6 nitrogen and oxygen atoms in total. The first-order valence-electron chi connectivity index (χ1n) is 8.53. The zero-order valence-electron chi connectivity index (χ0n) is 14.6. The monoisotopic (exact) mass is 364 g/mol. The van der Waals surface area contributed by atoms with Gasteiger partial charge in [-0.3, -0.25) is 4.79 Å². The average Bonchev–Trinajstić information content (AvgIpc) is 3.02. The summed E-state index contributed by atoms with van der Waals surface area (Å²) in [6, 6.07) is 7.53. The summed E-state index contributed by atoms with van der Waals surface area (Å²) in [5.74, 6) is 2.14. The number of amides is 1. The number of carbonyl (C=O) groups is 1. The van der Waals surface area contributed by atoms with Crippen LogP contribution in [0.5, 0.6) is 0 Å². The van der Waals surface area contributed by atoms with Gasteiger partial charge in [-0.25, -0.2) is 0 Å². The second-order valence-corrected chi connectivity index (χ2v) is 6.53. The van der Waals surface area contributed by atoms with Crippen molar-refractivity contribution in [1.29, 1.82) is 0 Å². The fourth-order valence-corrected chi connectivity index (χ4v) is 3.24. The lowest BCUT2D eigenvalue weighted by Crippen LogP contribution is -2.32. The van der Waals surface area contributed by atoms with E-state index in [4.69, 9.17) is 4.52 Å². The molecule has 3 rings (SSSR count). The molecule has 1 saturated heterocycles. The van der Waals surface area contributed by atoms with Crippen LogP contribution in [-0.4, -0.2) is 29.1 Å². The van der Waals surface area contributed by atoms with Gasteiger partial charge in [0.15, 0.2) is 0 Å². The SMILES string of the molecule is Cc1nc(-c2cccc(NC(=O)CC(C)C3CCNCC3)c2)no1.Cl. The molecule has 1 aromatic carbocycles. The van der Waals surface area contributed by atoms with E-state index in [-0.39, 0.29) is 18.3 Å². The normalized spacial score (nSPS) is 16.1. The first kappa shape index (κ1) is 19.4. The van der Waals surface area contributed by atoms with E-state index in [9.17, 15) is 4.79 Å². The predicted molar refractivity (Wildman–Crippen MR) is 99.7 cm³/mol. The van der Waals surface area contributed by atoms with Crippen LogP contribution in [0.15, 0.2) is 28.8 Å². The molecule has 1 aliphatic heterocycles. The highest BCUT2D eigenvalue weighted by molar-refractivity contribution is 5.91. The van der Waals surface area contributed by atoms with Crippen molar-refractivity contribution < 1.29 is 9.32 Å². The molecule has 2 heterocycles. The summed E-state index contributed by atoms with van der Waals surface area (Å²) < 4.78 is 5.01. The largest absolute Gasteiger partial charge is 0.339 e. The lowest BCUT2D eigenvalue weighted by molar-refractivity contribution is -0.117. The number of aromatic nitrogens is 2. The van der Waals surface area contributed by atoms with E-state index < -0.39 is 0 Å². The number of halogens is 1. The maximum absolute atomic E-state index is 12.3. The Balaban J connectivity index is 0.00000225. The van der Waals surface area contributed by atoms with Gasteiger partial charge in [0, 0.05) is 24.6 Å². The lowest BCUT2D eigenvalue weighted by atomic mass is 9.84. The summed E-state index contributed by atoms with van der Waals surface area (Å²) >= 11 is 0. The van der Waals surface area contributed by atoms with Gasteiger partial charge >= 0.3 is 0 Å². The van der Waals surface area contributed by atoms with Gasteiger partial charge in [-0.2, -0.15) is 4.98 Å². The van der Waals surface area contributed by atoms with Crippen molar-refractivity contribution in [1.82, 2.24) is 15.5 Å². The Hall–Kier alpha value is -1.92. The van der Waals surface area contributed by atoms with Crippen molar-refractivity contribution in [2.75, 3.05) is 18.4 Å². The molecule has 0 saturated carbocycles. The summed E-state index contributed by atoms with van der Waals surface area (Å²) in [7, 11) is 0. The van der Waals surface area contributed by atoms with Crippen molar-refractivity contribution in [2.24, 2.45) is 11.8 Å². The molecule has 0 radical (unpaired) electrons. The third kappa shape index (κ3) is 5.28. The number of nitrogens with one attached hydrogen (secondary N) is 2. The average molecular weight is 365 g/mol. The number of nitrogens with zero attached hydrogens (tertiary/aromatic N) is 2. The minimum Gasteiger partial charge on any atom is -0.339 e. The Kier molecular flexibility index (Phi) is 6.96. The summed E-state index contributed by atoms with van der Waals surface area (Å²) in [5, 5.41) is 10.3. The van der Waals surface area contributed by atoms with Crippen molar-refractivity contribution in [2.45, 2.75) is 33.1 Å². The number of hydrogen-bond donors (Lipinski definition) is 2. The molecular weight excluding hydrogens is 340 g/mol. The number of anilines is 1. The number of aryl methyl sites for hydroxylation is 1. The highest BCUT2D eigenvalue weighted by atomic mass is 35.5. The van der Waals surface area contributed by atoms with Gasteiger partial charge in [-0.05, 0) is 49.9 Å². The Morgan fingerprint density at radius 3 is 2.84 bits per heavy atom. The van der Waals surface area contributed by atoms with Gasteiger partial charge in [-0.1, -0.05) is 24.2 Å². The molecule has 0 aliphatic carbocycles. The molecule has 1 fully saturated rings. The van der Waals surface area contributed by atoms with E-state index >= 15 is 0 Å². The molecule has 2 aromatic rings. The van der Waals surface area contributed by atoms with Crippen LogP contribution in [-0.2, 0) is 4.79 Å². The maximum atomic E-state index is 12.3. The Labute approximate surface area is 154 Å². The van der Waals surface area contributed by atoms with Crippen molar-refractivity contribution in [3.63, 3.8) is 0 Å². The van der Waals surface area contributed by atoms with Gasteiger partial charge in [0.25, 0.3) is 0 Å². The van der Waals surface area contributed by atoms with Crippen LogP contribution in [0.2, 0.25) is 0 Å². The Morgan fingerprint density at radius 2 is 2.16 bits per heavy atom. The van der Waals surface area contributed by atoms with Gasteiger partial charge in [-0.15, -0.1) is 12.4 Å². The minimum absolute atomic E-state index is 0. The van der Waals surface area contributed by atoms with Gasteiger partial charge in [0.1, 0.15) is 0 Å². The van der Waals surface area contributed by atoms with Crippen molar-refractivity contribution in [3.05, 3.63) is 30.2 Å². The molecule has 1 aromatic heterocycles. The van der Waals surface area contributed by atoms with Crippen LogP contribution < -0.4 is 10.6 Å². The highest BCUT2D eigenvalue weighted by Gasteiger charge is 2.22. The quantitative estimate of drug-likeness (QED) is 0.849. The molecule has 7 heteroatoms. The molecule has 0 spiro atoms. The smallest absolute Gasteiger partial charge is 0.224 e. The fraction of sp³-hybridized carbons (Fsp3) is 0.500. The number of piperidine rings is 1. The number of hydrogen-bond acceptors (Lipinski definition) is 5. The van der Waals surface area contributed by atoms with Gasteiger partial charge < -0.3 is 15.2 Å². The molecule has 2 N–H and O–H groups in total. The summed E-state index contributed by atoms with van der Waals surface area (Å²) in [5.41, 5.74) is 1.59. The summed E-state index contributed by atoms with van der Waals surface area (Å²) in [6.45, 7) is 6.05. The van der Waals surface area contributed by atoms with Gasteiger partial charge in [0.05, 0.1) is 0 Å². The topological polar surface area (TPSA) is 80.0 Å². The zero-order chi connectivity index (χ0) is 16.9. The lowest BCUT2D eigenvalue weighted by Gasteiger charge is -2.27. The molecule has 136 valence electrons. The van der Waals surface area contributed by atoms with Crippen LogP contribution in [0.3, 0.4) is 0 Å². The van der Waals surface area contributed by atoms with E-state index in [0.717, 1.165) is 37.2 Å². The van der Waals surface area contributed by atoms with Crippen molar-refractivity contribution in [3.8, 4) is 11.4 Å². The van der Waals surface area contributed by atoms with Crippen LogP contribution in [0, 0.1) is 18.8 Å². The first-order chi connectivity index (χ1) is 11.6. The van der Waals surface area contributed by atoms with E-state index in [1.807, 2.05) is 24.3 Å². The molecule has 25 heavy (non-hydrogen) atoms. The van der Waals surface area contributed by atoms with Gasteiger partial charge in [0.2, 0.25) is 17.6 Å². The number of carbonyl (C=O) groups excluding carboxylic acids is 1. The van der Waals surface area contributed by atoms with Crippen LogP contribution in [0.25, 0.3) is 11.4 Å². The van der Waals surface area contributed by atoms with E-state index in [2.05, 4.69) is 27.7 Å². The number of rotatable bonds is 5. The van der Waals surface area contributed by atoms with E-state index in [0.29, 0.717) is 30.0 Å². The first-order valence-corrected chi connectivity index (χ1v) is 8.53. The number of benzene rings is 1. The maximum Gasteiger partial charge on any atom is 0.224 e. The third-order valence-electron chi connectivity index (χ3n) is 4.63. The second-order valence-electron chi connectivity index (χ2n) is 6.53. The summed E-state index contributed by atoms with van der Waals surface area (Å²) in [6.07, 6.45) is 2.86. The zero-order valence-corrected chi connectivity index (χ0v) is 15.4. The fourth-order valence-electron chi connectivity index (χ4n) is 3.24. The molecule has 1 aliphatic rings. The molecule has 1 atom stereocenters. The molecule has 0 bridgehead atoms. The summed E-state index contributed by atoms with van der Waals surface area (Å²) in [4.78, 5) is 16.6. The Morgan fingerprint density at radius 1 is 1.40 bits per heavy atom.